The molecule has 0 bridgehead atoms. The number of benzene rings is 3. The number of thiazole rings is 1. The van der Waals surface area contributed by atoms with E-state index in [9.17, 15) is 14.7 Å². The highest BCUT2D eigenvalue weighted by molar-refractivity contribution is 7.17. The van der Waals surface area contributed by atoms with Crippen LogP contribution in [0, 0.1) is 20.8 Å². The summed E-state index contributed by atoms with van der Waals surface area (Å²) in [7, 11) is 0. The molecule has 0 saturated carbocycles. The molecule has 3 aromatic carbocycles. The summed E-state index contributed by atoms with van der Waals surface area (Å²) < 4.78 is 0. The molecular weight excluding hydrogens is 456 g/mol. The number of aromatic nitrogens is 1. The molecule has 4 aromatic rings. The van der Waals surface area contributed by atoms with E-state index >= 15 is 0 Å². The van der Waals surface area contributed by atoms with Gasteiger partial charge in [-0.05, 0) is 38.5 Å². The molecule has 5 nitrogen and oxygen atoms in total. The van der Waals surface area contributed by atoms with Crippen molar-refractivity contribution in [1.82, 2.24) is 4.98 Å². The van der Waals surface area contributed by atoms with Gasteiger partial charge < -0.3 is 5.11 Å². The van der Waals surface area contributed by atoms with E-state index in [-0.39, 0.29) is 11.4 Å². The average Bonchev–Trinajstić information content (AvgIpc) is 3.37. The van der Waals surface area contributed by atoms with Crippen molar-refractivity contribution in [3.05, 3.63) is 117 Å². The van der Waals surface area contributed by atoms with Crippen molar-refractivity contribution in [3.8, 4) is 10.6 Å². The van der Waals surface area contributed by atoms with Crippen LogP contribution in [0.25, 0.3) is 10.6 Å². The highest BCUT2D eigenvalue weighted by atomic mass is 32.1. The smallest absolute Gasteiger partial charge is 0.294 e. The first-order chi connectivity index (χ1) is 16.8. The van der Waals surface area contributed by atoms with Crippen LogP contribution in [0.2, 0.25) is 0 Å². The standard InChI is InChI=1S/C29H24N2O3S/c1-17-12-14-22(15-13-17)31-24(21-11-7-8-18(2)16-21)23(26(33)29(31)34)25(32)27-19(3)30-28(35-27)20-9-5-4-6-10-20/h4-16,24,33H,1-3H3. The average molecular weight is 481 g/mol. The number of aliphatic hydroxyl groups is 1. The van der Waals surface area contributed by atoms with Crippen LogP contribution in [-0.4, -0.2) is 21.8 Å². The van der Waals surface area contributed by atoms with Crippen molar-refractivity contribution < 1.29 is 14.7 Å². The van der Waals surface area contributed by atoms with Crippen LogP contribution in [-0.2, 0) is 4.79 Å². The van der Waals surface area contributed by atoms with Crippen LogP contribution in [0.3, 0.4) is 0 Å². The summed E-state index contributed by atoms with van der Waals surface area (Å²) in [5.41, 5.74) is 4.99. The molecule has 35 heavy (non-hydrogen) atoms. The van der Waals surface area contributed by atoms with E-state index < -0.39 is 17.7 Å². The molecule has 2 heterocycles. The maximum atomic E-state index is 13.9. The molecule has 0 radical (unpaired) electrons. The number of Topliss-reactive ketones (excluding diaryl/α,β-unsaturated/α-hetero) is 1. The minimum Gasteiger partial charge on any atom is -0.503 e. The Balaban J connectivity index is 1.64. The molecule has 5 rings (SSSR count). The Hall–Kier alpha value is -4.03. The second kappa shape index (κ2) is 8.96. The normalized spacial score (nSPS) is 15.7. The van der Waals surface area contributed by atoms with E-state index in [4.69, 9.17) is 0 Å². The van der Waals surface area contributed by atoms with E-state index in [1.807, 2.05) is 92.7 Å². The summed E-state index contributed by atoms with van der Waals surface area (Å²) in [5, 5.41) is 11.8. The van der Waals surface area contributed by atoms with Gasteiger partial charge in [-0.1, -0.05) is 77.9 Å². The molecule has 0 aliphatic carbocycles. The number of carbonyl (C=O) groups is 2. The number of aryl methyl sites for hydroxylation is 3. The third-order valence-corrected chi connectivity index (χ3v) is 7.35. The molecule has 174 valence electrons. The van der Waals surface area contributed by atoms with Gasteiger partial charge in [-0.25, -0.2) is 4.98 Å². The van der Waals surface area contributed by atoms with Crippen molar-refractivity contribution in [3.63, 3.8) is 0 Å². The van der Waals surface area contributed by atoms with E-state index in [0.29, 0.717) is 16.3 Å². The Morgan fingerprint density at radius 1 is 0.914 bits per heavy atom. The van der Waals surface area contributed by atoms with Crippen molar-refractivity contribution in [2.75, 3.05) is 4.90 Å². The second-order valence-electron chi connectivity index (χ2n) is 8.72. The van der Waals surface area contributed by atoms with E-state index in [1.54, 1.807) is 6.92 Å². The first-order valence-corrected chi connectivity index (χ1v) is 12.1. The number of aliphatic hydroxyl groups excluding tert-OH is 1. The molecule has 1 aromatic heterocycles. The Morgan fingerprint density at radius 3 is 2.31 bits per heavy atom. The summed E-state index contributed by atoms with van der Waals surface area (Å²) in [6.07, 6.45) is 0. The van der Waals surface area contributed by atoms with Gasteiger partial charge in [0.15, 0.2) is 5.76 Å². The summed E-state index contributed by atoms with van der Waals surface area (Å²) in [4.78, 5) is 33.8. The summed E-state index contributed by atoms with van der Waals surface area (Å²) in [6.45, 7) is 5.71. The maximum absolute atomic E-state index is 13.9. The second-order valence-corrected chi connectivity index (χ2v) is 9.72. The van der Waals surface area contributed by atoms with Gasteiger partial charge in [-0.15, -0.1) is 11.3 Å². The van der Waals surface area contributed by atoms with Crippen molar-refractivity contribution in [2.24, 2.45) is 0 Å². The van der Waals surface area contributed by atoms with Crippen LogP contribution >= 0.6 is 11.3 Å². The van der Waals surface area contributed by atoms with Crippen LogP contribution in [0.15, 0.2) is 90.2 Å². The van der Waals surface area contributed by atoms with Crippen molar-refractivity contribution in [2.45, 2.75) is 26.8 Å². The Kier molecular flexibility index (Phi) is 5.83. The molecule has 0 fully saturated rings. The summed E-state index contributed by atoms with van der Waals surface area (Å²) in [5.74, 6) is -1.49. The molecule has 0 spiro atoms. The number of hydrogen-bond acceptors (Lipinski definition) is 5. The molecule has 6 heteroatoms. The fraction of sp³-hybridized carbons (Fsp3) is 0.138. The van der Waals surface area contributed by atoms with Crippen LogP contribution in [0.5, 0.6) is 0 Å². The van der Waals surface area contributed by atoms with Gasteiger partial charge in [0.2, 0.25) is 5.78 Å². The maximum Gasteiger partial charge on any atom is 0.294 e. The predicted octanol–water partition coefficient (Wildman–Crippen LogP) is 6.52. The van der Waals surface area contributed by atoms with Crippen LogP contribution in [0.4, 0.5) is 5.69 Å². The fourth-order valence-corrected chi connectivity index (χ4v) is 5.42. The zero-order valence-corrected chi connectivity index (χ0v) is 20.5. The molecule has 1 aliphatic rings. The minimum absolute atomic E-state index is 0.0764. The van der Waals surface area contributed by atoms with Crippen molar-refractivity contribution in [1.29, 1.82) is 0 Å². The first kappa shape index (κ1) is 22.7. The van der Waals surface area contributed by atoms with Gasteiger partial charge >= 0.3 is 0 Å². The third-order valence-electron chi connectivity index (χ3n) is 6.15. The van der Waals surface area contributed by atoms with Gasteiger partial charge in [0.1, 0.15) is 5.01 Å². The SMILES string of the molecule is Cc1ccc(N2C(=O)C(O)=C(C(=O)c3sc(-c4ccccc4)nc3C)C2c2cccc(C)c2)cc1. The third kappa shape index (κ3) is 4.06. The lowest BCUT2D eigenvalue weighted by molar-refractivity contribution is -0.117. The number of hydrogen-bond donors (Lipinski definition) is 1. The molecular formula is C29H24N2O3S. The van der Waals surface area contributed by atoms with Gasteiger partial charge in [0.25, 0.3) is 5.91 Å². The lowest BCUT2D eigenvalue weighted by Crippen LogP contribution is -2.31. The topological polar surface area (TPSA) is 70.5 Å². The summed E-state index contributed by atoms with van der Waals surface area (Å²) >= 11 is 1.27. The van der Waals surface area contributed by atoms with Crippen LogP contribution < -0.4 is 4.90 Å². The van der Waals surface area contributed by atoms with Gasteiger partial charge in [-0.2, -0.15) is 0 Å². The predicted molar refractivity (Wildman–Crippen MR) is 139 cm³/mol. The highest BCUT2D eigenvalue weighted by Crippen LogP contribution is 2.43. The van der Waals surface area contributed by atoms with Gasteiger partial charge in [0.05, 0.1) is 22.2 Å². The number of nitrogens with zero attached hydrogens (tertiary/aromatic N) is 2. The quantitative estimate of drug-likeness (QED) is 0.330. The zero-order valence-electron chi connectivity index (χ0n) is 19.6. The molecule has 1 aliphatic heterocycles. The number of carbonyl (C=O) groups excluding carboxylic acids is 2. The van der Waals surface area contributed by atoms with Crippen molar-refractivity contribution >= 4 is 28.7 Å². The van der Waals surface area contributed by atoms with E-state index in [0.717, 1.165) is 27.3 Å². The molecule has 0 saturated heterocycles. The zero-order chi connectivity index (χ0) is 24.7. The van der Waals surface area contributed by atoms with Crippen LogP contribution in [0.1, 0.15) is 38.1 Å². The monoisotopic (exact) mass is 480 g/mol. The first-order valence-electron chi connectivity index (χ1n) is 11.3. The number of rotatable bonds is 5. The van der Waals surface area contributed by atoms with E-state index in [2.05, 4.69) is 4.98 Å². The number of ketones is 1. The Morgan fingerprint density at radius 2 is 1.63 bits per heavy atom. The Labute approximate surface area is 208 Å². The molecule has 1 atom stereocenters. The Bertz CT molecular complexity index is 1470. The van der Waals surface area contributed by atoms with Gasteiger partial charge in [0, 0.05) is 11.3 Å². The molecule has 1 amide bonds. The highest BCUT2D eigenvalue weighted by Gasteiger charge is 2.45. The largest absolute Gasteiger partial charge is 0.503 e. The molecule has 1 N–H and O–H groups in total. The fourth-order valence-electron chi connectivity index (χ4n) is 4.40. The summed E-state index contributed by atoms with van der Waals surface area (Å²) in [6, 6.07) is 24.1. The van der Waals surface area contributed by atoms with E-state index in [1.165, 1.54) is 16.2 Å². The molecule has 1 unspecified atom stereocenters. The minimum atomic E-state index is -0.751. The lowest BCUT2D eigenvalue weighted by Gasteiger charge is -2.27. The number of amides is 1. The van der Waals surface area contributed by atoms with Gasteiger partial charge in [-0.3, -0.25) is 14.5 Å². The lowest BCUT2D eigenvalue weighted by atomic mass is 9.94. The number of anilines is 1.